The molecule has 0 aliphatic carbocycles. The third kappa shape index (κ3) is 4.22. The van der Waals surface area contributed by atoms with Gasteiger partial charge >= 0.3 is 0 Å². The summed E-state index contributed by atoms with van der Waals surface area (Å²) in [5, 5.41) is 77.0. The molecule has 2 aliphatic rings. The van der Waals surface area contributed by atoms with E-state index < -0.39 is 74.2 Å². The fourth-order valence-electron chi connectivity index (χ4n) is 2.62. The fourth-order valence-corrected chi connectivity index (χ4v) is 2.62. The van der Waals surface area contributed by atoms with Crippen LogP contribution in [0.2, 0.25) is 0 Å². The van der Waals surface area contributed by atoms with E-state index in [1.54, 1.807) is 0 Å². The number of ether oxygens (including phenoxy) is 3. The van der Waals surface area contributed by atoms with Gasteiger partial charge in [0.05, 0.1) is 13.2 Å². The Hall–Kier alpha value is -0.190. The van der Waals surface area contributed by atoms with Gasteiger partial charge < -0.3 is 55.1 Å². The molecule has 10 atom stereocenters. The van der Waals surface area contributed by atoms with Gasteiger partial charge in [0.15, 0.2) is 18.3 Å². The van der Waals surface area contributed by atoms with E-state index in [4.69, 9.17) is 19.9 Å². The summed E-state index contributed by atoms with van der Waals surface area (Å²) in [6.07, 6.45) is -15.3. The third-order valence-electron chi connectivity index (χ3n) is 4.17. The molecular weight excluding hydrogens is 370 g/mol. The van der Waals surface area contributed by atoms with Gasteiger partial charge in [0.2, 0.25) is 0 Å². The monoisotopic (exact) mass is 393 g/mol. The van der Waals surface area contributed by atoms with E-state index in [0.29, 0.717) is 0 Å². The summed E-state index contributed by atoms with van der Waals surface area (Å²) >= 11 is 0. The molecule has 150 valence electrons. The highest BCUT2D eigenvalue weighted by Gasteiger charge is 2.54. The van der Waals surface area contributed by atoms with Crippen LogP contribution in [-0.2, 0) is 14.2 Å². The van der Waals surface area contributed by atoms with Crippen molar-refractivity contribution in [3.63, 3.8) is 0 Å². The molecule has 0 radical (unpaired) electrons. The predicted octanol–water partition coefficient (Wildman–Crippen LogP) is -5.69. The molecule has 0 aromatic rings. The molecule has 2 saturated heterocycles. The van der Waals surface area contributed by atoms with E-state index in [0.717, 1.165) is 0 Å². The molecule has 2 fully saturated rings. The van der Waals surface area contributed by atoms with E-state index in [-0.39, 0.29) is 12.4 Å². The van der Waals surface area contributed by atoms with Gasteiger partial charge in [0.1, 0.15) is 42.7 Å². The lowest BCUT2D eigenvalue weighted by Crippen LogP contribution is -2.71. The molecule has 0 spiro atoms. The SMILES string of the molecule is Cl.N[C@]1(CO)O[C@H](O[C@H]2[C@H](O)[C@@H](O)[C@H](O)O[C@@H]2CO)[C@H](O)[C@@H](O)[C@H]1O. The van der Waals surface area contributed by atoms with Crippen LogP contribution in [0.4, 0.5) is 0 Å². The summed E-state index contributed by atoms with van der Waals surface area (Å²) in [4.78, 5) is 0. The Labute approximate surface area is 148 Å². The summed E-state index contributed by atoms with van der Waals surface area (Å²) in [5.41, 5.74) is 3.44. The molecule has 2 rings (SSSR count). The lowest BCUT2D eigenvalue weighted by atomic mass is 9.94. The molecule has 0 amide bonds. The zero-order valence-corrected chi connectivity index (χ0v) is 13.7. The number of nitrogens with two attached hydrogens (primary N) is 1. The average Bonchev–Trinajstić information content (AvgIpc) is 2.57. The fraction of sp³-hybridized carbons (Fsp3) is 1.00. The lowest BCUT2D eigenvalue weighted by molar-refractivity contribution is -0.374. The van der Waals surface area contributed by atoms with Gasteiger partial charge in [-0.15, -0.1) is 12.4 Å². The summed E-state index contributed by atoms with van der Waals surface area (Å²) in [7, 11) is 0. The zero-order valence-electron chi connectivity index (χ0n) is 12.9. The third-order valence-corrected chi connectivity index (χ3v) is 4.17. The van der Waals surface area contributed by atoms with Crippen molar-refractivity contribution in [3.8, 4) is 0 Å². The van der Waals surface area contributed by atoms with Crippen LogP contribution in [0.15, 0.2) is 0 Å². The molecule has 10 N–H and O–H groups in total. The Kier molecular flexibility index (Phi) is 7.92. The van der Waals surface area contributed by atoms with Crippen molar-refractivity contribution < 1.29 is 55.1 Å². The van der Waals surface area contributed by atoms with Crippen LogP contribution in [0.5, 0.6) is 0 Å². The summed E-state index contributed by atoms with van der Waals surface area (Å²) in [5.74, 6) is 0. The second-order valence-electron chi connectivity index (χ2n) is 5.85. The Morgan fingerprint density at radius 2 is 1.52 bits per heavy atom. The molecule has 0 unspecified atom stereocenters. The molecule has 25 heavy (non-hydrogen) atoms. The normalized spacial score (nSPS) is 51.0. The molecule has 12 nitrogen and oxygen atoms in total. The van der Waals surface area contributed by atoms with Gasteiger partial charge in [0, 0.05) is 0 Å². The van der Waals surface area contributed by atoms with Gasteiger partial charge in [-0.2, -0.15) is 0 Å². The zero-order chi connectivity index (χ0) is 18.2. The van der Waals surface area contributed by atoms with Crippen LogP contribution in [-0.4, -0.2) is 115 Å². The maximum atomic E-state index is 9.98. The quantitative estimate of drug-likeness (QED) is 0.218. The largest absolute Gasteiger partial charge is 0.394 e. The first-order chi connectivity index (χ1) is 11.2. The van der Waals surface area contributed by atoms with Crippen molar-refractivity contribution in [2.75, 3.05) is 13.2 Å². The van der Waals surface area contributed by atoms with E-state index in [2.05, 4.69) is 0 Å². The maximum absolute atomic E-state index is 9.98. The first-order valence-electron chi connectivity index (χ1n) is 7.24. The highest BCUT2D eigenvalue weighted by Crippen LogP contribution is 2.30. The minimum absolute atomic E-state index is 0. The van der Waals surface area contributed by atoms with Gasteiger partial charge in [-0.05, 0) is 0 Å². The Balaban J connectivity index is 0.00000312. The second kappa shape index (κ2) is 8.67. The minimum atomic E-state index is -2.16. The summed E-state index contributed by atoms with van der Waals surface area (Å²) in [6, 6.07) is 0. The highest BCUT2D eigenvalue weighted by molar-refractivity contribution is 5.85. The highest BCUT2D eigenvalue weighted by atomic mass is 35.5. The Morgan fingerprint density at radius 1 is 0.920 bits per heavy atom. The minimum Gasteiger partial charge on any atom is -0.394 e. The van der Waals surface area contributed by atoms with E-state index in [9.17, 15) is 40.9 Å². The number of halogens is 1. The van der Waals surface area contributed by atoms with Gasteiger partial charge in [0.25, 0.3) is 0 Å². The van der Waals surface area contributed by atoms with Crippen molar-refractivity contribution in [2.45, 2.75) is 61.0 Å². The predicted molar refractivity (Wildman–Crippen MR) is 79.0 cm³/mol. The molecule has 2 aliphatic heterocycles. The number of hydrogen-bond donors (Lipinski definition) is 9. The van der Waals surface area contributed by atoms with Crippen molar-refractivity contribution in [1.82, 2.24) is 0 Å². The molecule has 0 saturated carbocycles. The van der Waals surface area contributed by atoms with Crippen LogP contribution in [0.1, 0.15) is 0 Å². The van der Waals surface area contributed by atoms with Crippen molar-refractivity contribution in [1.29, 1.82) is 0 Å². The van der Waals surface area contributed by atoms with E-state index in [1.807, 2.05) is 0 Å². The second-order valence-corrected chi connectivity index (χ2v) is 5.85. The van der Waals surface area contributed by atoms with Crippen LogP contribution < -0.4 is 5.73 Å². The first kappa shape index (κ1) is 22.9. The number of aliphatic hydroxyl groups is 8. The first-order valence-corrected chi connectivity index (χ1v) is 7.24. The smallest absolute Gasteiger partial charge is 0.189 e. The molecule has 2 heterocycles. The Bertz CT molecular complexity index is 432. The number of aliphatic hydroxyl groups excluding tert-OH is 8. The van der Waals surface area contributed by atoms with Crippen molar-refractivity contribution >= 4 is 12.4 Å². The van der Waals surface area contributed by atoms with Crippen LogP contribution in [0.25, 0.3) is 0 Å². The standard InChI is InChI=1S/C12H23NO11.ClH/c13-12(2-15)9(20)5(17)7(19)11(24-12)23-8-3(1-14)22-10(21)6(18)4(8)16;/h3-11,14-21H,1-2,13H2;1H/t3-,4-,5-,6-,7-,8-,9-,10-,11+,12-;/m1./s1. The molecule has 0 bridgehead atoms. The van der Waals surface area contributed by atoms with Gasteiger partial charge in [-0.3, -0.25) is 5.73 Å². The Morgan fingerprint density at radius 3 is 2.04 bits per heavy atom. The topological polar surface area (TPSA) is 216 Å². The molecule has 0 aromatic heterocycles. The summed E-state index contributed by atoms with van der Waals surface area (Å²) < 4.78 is 15.2. The van der Waals surface area contributed by atoms with Crippen molar-refractivity contribution in [3.05, 3.63) is 0 Å². The number of hydrogen-bond acceptors (Lipinski definition) is 12. The lowest BCUT2D eigenvalue weighted by Gasteiger charge is -2.48. The van der Waals surface area contributed by atoms with Gasteiger partial charge in [-0.25, -0.2) is 0 Å². The maximum Gasteiger partial charge on any atom is 0.189 e. The number of rotatable bonds is 4. The van der Waals surface area contributed by atoms with Crippen LogP contribution in [0.3, 0.4) is 0 Å². The average molecular weight is 394 g/mol. The van der Waals surface area contributed by atoms with Crippen molar-refractivity contribution in [2.24, 2.45) is 5.73 Å². The van der Waals surface area contributed by atoms with E-state index >= 15 is 0 Å². The van der Waals surface area contributed by atoms with Crippen LogP contribution in [0, 0.1) is 0 Å². The van der Waals surface area contributed by atoms with Crippen LogP contribution >= 0.6 is 12.4 Å². The van der Waals surface area contributed by atoms with E-state index in [1.165, 1.54) is 0 Å². The van der Waals surface area contributed by atoms with Gasteiger partial charge in [-0.1, -0.05) is 0 Å². The molecular formula is C12H24ClNO11. The molecule has 13 heteroatoms. The summed E-state index contributed by atoms with van der Waals surface area (Å²) in [6.45, 7) is -1.64. The molecule has 0 aromatic carbocycles.